The van der Waals surface area contributed by atoms with Gasteiger partial charge >= 0.3 is 12.1 Å². The lowest BCUT2D eigenvalue weighted by Gasteiger charge is -2.41. The largest absolute Gasteiger partial charge is 0.481 e. The molecule has 0 spiro atoms. The maximum atomic E-state index is 13.7. The molecule has 3 amide bonds. The van der Waals surface area contributed by atoms with Crippen LogP contribution in [0.4, 0.5) is 4.79 Å². The van der Waals surface area contributed by atoms with Crippen molar-refractivity contribution in [3.8, 4) is 0 Å². The molecule has 0 aliphatic heterocycles. The molecule has 3 aliphatic rings. The summed E-state index contributed by atoms with van der Waals surface area (Å²) in [5, 5.41) is 14.1. The first kappa shape index (κ1) is 33.9. The summed E-state index contributed by atoms with van der Waals surface area (Å²) in [6, 6.07) is 15.3. The van der Waals surface area contributed by atoms with E-state index in [2.05, 4.69) is 61.8 Å². The standard InChI is InChI=1S/C38H47N3O6/c1-38(2,3)27-16-18-28(19-17-27)41(23-25-12-14-26(15-13-25)36(45)39-21-20-35(43)44)34(42)22-40-37(46)47-24-33-31-10-6-4-8-29(31)30-9-5-7-11-32(30)33/h4-15,27-29,31,33H,16-24H2,1-3H3,(H,39,45)(H,40,46)(H,43,44). The van der Waals surface area contributed by atoms with E-state index < -0.39 is 12.1 Å². The Kier molecular flexibility index (Phi) is 10.8. The van der Waals surface area contributed by atoms with E-state index in [4.69, 9.17) is 9.84 Å². The van der Waals surface area contributed by atoms with E-state index in [1.807, 2.05) is 35.2 Å². The molecule has 2 aromatic rings. The molecular formula is C38H47N3O6. The van der Waals surface area contributed by atoms with Crippen LogP contribution >= 0.6 is 0 Å². The number of nitrogens with one attached hydrogen (secondary N) is 2. The number of alkyl carbamates (subject to hydrolysis) is 1. The fourth-order valence-electron chi connectivity index (χ4n) is 7.36. The van der Waals surface area contributed by atoms with Crippen molar-refractivity contribution in [1.29, 1.82) is 0 Å². The fourth-order valence-corrected chi connectivity index (χ4v) is 7.36. The third kappa shape index (κ3) is 8.50. The molecule has 0 saturated heterocycles. The van der Waals surface area contributed by atoms with Crippen molar-refractivity contribution in [2.75, 3.05) is 19.7 Å². The SMILES string of the molecule is CC(C)(C)C1CCC(N(Cc2ccc(C(=O)NCCC(=O)O)cc2)C(=O)CNC(=O)OCC2c3ccccc3C3C=CC=CC32)CC1. The van der Waals surface area contributed by atoms with Crippen LogP contribution in [0.5, 0.6) is 0 Å². The number of benzene rings is 2. The van der Waals surface area contributed by atoms with Crippen molar-refractivity contribution < 1.29 is 29.0 Å². The van der Waals surface area contributed by atoms with Crippen molar-refractivity contribution in [2.45, 2.75) is 77.3 Å². The number of hydrogen-bond donors (Lipinski definition) is 3. The van der Waals surface area contributed by atoms with Crippen molar-refractivity contribution in [2.24, 2.45) is 17.3 Å². The predicted octanol–water partition coefficient (Wildman–Crippen LogP) is 6.17. The molecular weight excluding hydrogens is 594 g/mol. The van der Waals surface area contributed by atoms with E-state index in [0.29, 0.717) is 18.0 Å². The lowest BCUT2D eigenvalue weighted by molar-refractivity contribution is -0.137. The summed E-state index contributed by atoms with van der Waals surface area (Å²) >= 11 is 0. The third-order valence-corrected chi connectivity index (χ3v) is 10.1. The van der Waals surface area contributed by atoms with Gasteiger partial charge in [-0.15, -0.1) is 0 Å². The molecule has 9 nitrogen and oxygen atoms in total. The lowest BCUT2D eigenvalue weighted by atomic mass is 9.71. The predicted molar refractivity (Wildman–Crippen MR) is 180 cm³/mol. The number of carboxylic acid groups (broad SMARTS) is 1. The number of aliphatic carboxylic acids is 1. The van der Waals surface area contributed by atoms with Gasteiger partial charge in [-0.2, -0.15) is 0 Å². The van der Waals surface area contributed by atoms with Gasteiger partial charge in [0.1, 0.15) is 13.2 Å². The smallest absolute Gasteiger partial charge is 0.407 e. The second kappa shape index (κ2) is 15.0. The average Bonchev–Trinajstić information content (AvgIpc) is 3.38. The van der Waals surface area contributed by atoms with E-state index in [9.17, 15) is 19.2 Å². The Morgan fingerprint density at radius 2 is 1.57 bits per heavy atom. The Hall–Kier alpha value is -4.40. The molecule has 1 fully saturated rings. The van der Waals surface area contributed by atoms with Crippen LogP contribution < -0.4 is 10.6 Å². The first-order valence-corrected chi connectivity index (χ1v) is 16.7. The number of amides is 3. The maximum Gasteiger partial charge on any atom is 0.407 e. The number of allylic oxidation sites excluding steroid dienone is 4. The summed E-state index contributed by atoms with van der Waals surface area (Å²) in [6.07, 6.45) is 11.6. The zero-order chi connectivity index (χ0) is 33.6. The second-order valence-electron chi connectivity index (χ2n) is 14.1. The van der Waals surface area contributed by atoms with Gasteiger partial charge in [-0.1, -0.05) is 81.5 Å². The Morgan fingerprint density at radius 1 is 0.894 bits per heavy atom. The van der Waals surface area contributed by atoms with Gasteiger partial charge in [-0.3, -0.25) is 14.4 Å². The zero-order valence-electron chi connectivity index (χ0n) is 27.6. The molecule has 0 radical (unpaired) electrons. The van der Waals surface area contributed by atoms with Crippen molar-refractivity contribution >= 4 is 23.9 Å². The summed E-state index contributed by atoms with van der Waals surface area (Å²) in [7, 11) is 0. The van der Waals surface area contributed by atoms with Crippen LogP contribution in [0.3, 0.4) is 0 Å². The minimum absolute atomic E-state index is 0.0379. The van der Waals surface area contributed by atoms with Gasteiger partial charge < -0.3 is 25.4 Å². The van der Waals surface area contributed by atoms with Gasteiger partial charge in [0.05, 0.1) is 6.42 Å². The van der Waals surface area contributed by atoms with E-state index in [1.54, 1.807) is 12.1 Å². The Balaban J connectivity index is 1.20. The molecule has 47 heavy (non-hydrogen) atoms. The molecule has 0 heterocycles. The van der Waals surface area contributed by atoms with Crippen LogP contribution in [0.2, 0.25) is 0 Å². The molecule has 1 saturated carbocycles. The van der Waals surface area contributed by atoms with Gasteiger partial charge in [0.2, 0.25) is 5.91 Å². The molecule has 3 N–H and O–H groups in total. The van der Waals surface area contributed by atoms with Crippen LogP contribution in [-0.4, -0.2) is 59.6 Å². The summed E-state index contributed by atoms with van der Waals surface area (Å²) in [5.74, 6) is -0.362. The van der Waals surface area contributed by atoms with Crippen molar-refractivity contribution in [1.82, 2.24) is 15.5 Å². The first-order valence-electron chi connectivity index (χ1n) is 16.7. The number of carbonyl (C=O) groups is 4. The quantitative estimate of drug-likeness (QED) is 0.269. The van der Waals surface area contributed by atoms with E-state index in [1.165, 1.54) is 11.1 Å². The number of fused-ring (bicyclic) bond motifs is 3. The summed E-state index contributed by atoms with van der Waals surface area (Å²) in [4.78, 5) is 51.6. The Labute approximate surface area is 277 Å². The van der Waals surface area contributed by atoms with Crippen LogP contribution in [0.1, 0.15) is 91.8 Å². The molecule has 0 aromatic heterocycles. The van der Waals surface area contributed by atoms with Gasteiger partial charge in [0.25, 0.3) is 5.91 Å². The number of carbonyl (C=O) groups excluding carboxylic acids is 3. The fraction of sp³-hybridized carbons (Fsp3) is 0.474. The third-order valence-electron chi connectivity index (χ3n) is 10.1. The van der Waals surface area contributed by atoms with Gasteiger partial charge in [-0.25, -0.2) is 4.79 Å². The highest BCUT2D eigenvalue weighted by atomic mass is 16.5. The summed E-state index contributed by atoms with van der Waals surface area (Å²) in [6.45, 7) is 7.26. The van der Waals surface area contributed by atoms with Crippen LogP contribution in [0.15, 0.2) is 72.8 Å². The maximum absolute atomic E-state index is 13.7. The Bertz CT molecular complexity index is 1500. The highest BCUT2D eigenvalue weighted by molar-refractivity contribution is 5.94. The van der Waals surface area contributed by atoms with Crippen molar-refractivity contribution in [3.63, 3.8) is 0 Å². The number of ether oxygens (including phenoxy) is 1. The van der Waals surface area contributed by atoms with Gasteiger partial charge in [-0.05, 0) is 71.8 Å². The minimum Gasteiger partial charge on any atom is -0.481 e. The molecule has 2 aromatic carbocycles. The first-order chi connectivity index (χ1) is 22.5. The molecule has 250 valence electrons. The highest BCUT2D eigenvalue weighted by Crippen LogP contribution is 2.49. The van der Waals surface area contributed by atoms with E-state index in [-0.39, 0.29) is 67.1 Å². The van der Waals surface area contributed by atoms with Crippen LogP contribution in [0, 0.1) is 17.3 Å². The molecule has 9 heteroatoms. The van der Waals surface area contributed by atoms with Crippen LogP contribution in [0.25, 0.3) is 0 Å². The minimum atomic E-state index is -0.975. The van der Waals surface area contributed by atoms with E-state index >= 15 is 0 Å². The van der Waals surface area contributed by atoms with E-state index in [0.717, 1.165) is 31.2 Å². The molecule has 3 atom stereocenters. The number of carboxylic acids is 1. The van der Waals surface area contributed by atoms with Crippen molar-refractivity contribution in [3.05, 3.63) is 95.1 Å². The molecule has 0 bridgehead atoms. The summed E-state index contributed by atoms with van der Waals surface area (Å²) < 4.78 is 5.70. The molecule has 5 rings (SSSR count). The Morgan fingerprint density at radius 3 is 2.26 bits per heavy atom. The number of nitrogens with zero attached hydrogens (tertiary/aromatic N) is 1. The lowest BCUT2D eigenvalue weighted by Crippen LogP contribution is -2.47. The monoisotopic (exact) mass is 641 g/mol. The second-order valence-corrected chi connectivity index (χ2v) is 14.1. The topological polar surface area (TPSA) is 125 Å². The zero-order valence-corrected chi connectivity index (χ0v) is 27.6. The van der Waals surface area contributed by atoms with Gasteiger partial charge in [0, 0.05) is 36.5 Å². The average molecular weight is 642 g/mol. The number of hydrogen-bond acceptors (Lipinski definition) is 5. The normalized spacial score (nSPS) is 22.9. The number of rotatable bonds is 11. The summed E-state index contributed by atoms with van der Waals surface area (Å²) in [5.41, 5.74) is 3.96. The highest BCUT2D eigenvalue weighted by Gasteiger charge is 2.39. The van der Waals surface area contributed by atoms with Gasteiger partial charge in [0.15, 0.2) is 0 Å². The van der Waals surface area contributed by atoms with Crippen LogP contribution in [-0.2, 0) is 20.9 Å². The molecule has 3 unspecified atom stereocenters. The molecule has 3 aliphatic carbocycles.